The van der Waals surface area contributed by atoms with E-state index in [-0.39, 0.29) is 6.04 Å². The molecule has 2 aromatic rings. The Balaban J connectivity index is 2.03. The predicted octanol–water partition coefficient (Wildman–Crippen LogP) is 6.48. The van der Waals surface area contributed by atoms with Crippen LogP contribution in [0.1, 0.15) is 71.4 Å². The van der Waals surface area contributed by atoms with Gasteiger partial charge in [-0.3, -0.25) is 4.90 Å². The molecule has 1 aliphatic heterocycles. The molecule has 0 bridgehead atoms. The van der Waals surface area contributed by atoms with Gasteiger partial charge in [0.15, 0.2) is 0 Å². The molecule has 5 nitrogen and oxygen atoms in total. The average molecular weight is 410 g/mol. The number of benzene rings is 1. The van der Waals surface area contributed by atoms with Crippen LogP contribution >= 0.6 is 0 Å². The number of rotatable bonds is 6. The third-order valence-corrected chi connectivity index (χ3v) is 5.39. The summed E-state index contributed by atoms with van der Waals surface area (Å²) in [6.45, 7) is 10.1. The number of hydrogen-bond acceptors (Lipinski definition) is 4. The Kier molecular flexibility index (Phi) is 7.48. The maximum atomic E-state index is 13.3. The van der Waals surface area contributed by atoms with Crippen LogP contribution in [0.15, 0.2) is 48.7 Å². The van der Waals surface area contributed by atoms with Gasteiger partial charge < -0.3 is 4.74 Å². The standard InChI is InChI=1S/C25H35N3O2/c1-5-6-18-27-19-11-10-16-22(27)21-15-12-17-26-23(21)28(20-13-8-7-9-14-20)24(29)30-25(2,3)4/h7-9,12-15,17,22H,5-6,10-11,16,18-19H2,1-4H3/t22-/m0/s1. The summed E-state index contributed by atoms with van der Waals surface area (Å²) in [5.41, 5.74) is 1.28. The van der Waals surface area contributed by atoms with E-state index in [2.05, 4.69) is 17.9 Å². The van der Waals surface area contributed by atoms with E-state index in [1.165, 1.54) is 25.7 Å². The van der Waals surface area contributed by atoms with Gasteiger partial charge in [0.2, 0.25) is 0 Å². The second-order valence-corrected chi connectivity index (χ2v) is 8.97. The maximum absolute atomic E-state index is 13.3. The monoisotopic (exact) mass is 409 g/mol. The first kappa shape index (κ1) is 22.3. The zero-order valence-electron chi connectivity index (χ0n) is 18.8. The molecule has 0 N–H and O–H groups in total. The number of nitrogens with zero attached hydrogens (tertiary/aromatic N) is 3. The van der Waals surface area contributed by atoms with Crippen LogP contribution in [0, 0.1) is 0 Å². The highest BCUT2D eigenvalue weighted by Crippen LogP contribution is 2.38. The summed E-state index contributed by atoms with van der Waals surface area (Å²) in [5, 5.41) is 0. The molecule has 1 saturated heterocycles. The Morgan fingerprint density at radius 1 is 1.17 bits per heavy atom. The lowest BCUT2D eigenvalue weighted by Gasteiger charge is -2.38. The Bertz CT molecular complexity index is 817. The van der Waals surface area contributed by atoms with Crippen molar-refractivity contribution in [2.75, 3.05) is 18.0 Å². The molecule has 30 heavy (non-hydrogen) atoms. The third kappa shape index (κ3) is 5.60. The number of para-hydroxylation sites is 1. The second-order valence-electron chi connectivity index (χ2n) is 8.97. The van der Waals surface area contributed by atoms with Gasteiger partial charge in [-0.25, -0.2) is 14.7 Å². The number of aromatic nitrogens is 1. The first-order valence-corrected chi connectivity index (χ1v) is 11.2. The van der Waals surface area contributed by atoms with Gasteiger partial charge in [-0.15, -0.1) is 0 Å². The van der Waals surface area contributed by atoms with E-state index < -0.39 is 11.7 Å². The fraction of sp³-hybridized carbons (Fsp3) is 0.520. The van der Waals surface area contributed by atoms with Crippen molar-refractivity contribution in [3.05, 3.63) is 54.2 Å². The van der Waals surface area contributed by atoms with Crippen molar-refractivity contribution in [2.45, 2.75) is 71.4 Å². The van der Waals surface area contributed by atoms with E-state index in [1.54, 1.807) is 11.1 Å². The summed E-state index contributed by atoms with van der Waals surface area (Å²) in [7, 11) is 0. The molecule has 0 saturated carbocycles. The summed E-state index contributed by atoms with van der Waals surface area (Å²) in [5.74, 6) is 0.673. The van der Waals surface area contributed by atoms with Crippen LogP contribution in [0.2, 0.25) is 0 Å². The van der Waals surface area contributed by atoms with Crippen molar-refractivity contribution >= 4 is 17.6 Å². The molecule has 0 unspecified atom stereocenters. The number of pyridine rings is 1. The zero-order chi connectivity index (χ0) is 21.6. The average Bonchev–Trinajstić information content (AvgIpc) is 2.72. The van der Waals surface area contributed by atoms with E-state index in [1.807, 2.05) is 57.2 Å². The van der Waals surface area contributed by atoms with Gasteiger partial charge in [0, 0.05) is 17.8 Å². The van der Waals surface area contributed by atoms with Crippen molar-refractivity contribution < 1.29 is 9.53 Å². The number of carbonyl (C=O) groups excluding carboxylic acids is 1. The topological polar surface area (TPSA) is 45.7 Å². The van der Waals surface area contributed by atoms with Crippen LogP contribution < -0.4 is 4.90 Å². The normalized spacial score (nSPS) is 17.5. The van der Waals surface area contributed by atoms with E-state index in [4.69, 9.17) is 9.72 Å². The number of unbranched alkanes of at least 4 members (excludes halogenated alkanes) is 1. The predicted molar refractivity (Wildman–Crippen MR) is 122 cm³/mol. The molecule has 1 aromatic carbocycles. The molecule has 1 aromatic heterocycles. The molecule has 0 aliphatic carbocycles. The third-order valence-electron chi connectivity index (χ3n) is 5.39. The number of amides is 1. The minimum atomic E-state index is -0.586. The maximum Gasteiger partial charge on any atom is 0.420 e. The molecule has 0 spiro atoms. The van der Waals surface area contributed by atoms with Crippen LogP contribution in [0.25, 0.3) is 0 Å². The van der Waals surface area contributed by atoms with E-state index in [9.17, 15) is 4.79 Å². The van der Waals surface area contributed by atoms with Crippen molar-refractivity contribution in [1.29, 1.82) is 0 Å². The van der Waals surface area contributed by atoms with E-state index >= 15 is 0 Å². The number of ether oxygens (including phenoxy) is 1. The van der Waals surface area contributed by atoms with Gasteiger partial charge in [-0.05, 0) is 71.3 Å². The summed E-state index contributed by atoms with van der Waals surface area (Å²) in [6, 6.07) is 14.0. The number of hydrogen-bond donors (Lipinski definition) is 0. The smallest absolute Gasteiger partial charge is 0.420 e. The molecule has 1 aliphatic rings. The van der Waals surface area contributed by atoms with Gasteiger partial charge in [0.25, 0.3) is 0 Å². The van der Waals surface area contributed by atoms with E-state index in [0.717, 1.165) is 30.8 Å². The molecule has 3 rings (SSSR count). The van der Waals surface area contributed by atoms with Gasteiger partial charge >= 0.3 is 6.09 Å². The summed E-state index contributed by atoms with van der Waals surface area (Å²) in [6.07, 6.45) is 7.23. The fourth-order valence-electron chi connectivity index (χ4n) is 4.03. The van der Waals surface area contributed by atoms with Gasteiger partial charge in [-0.1, -0.05) is 44.0 Å². The SMILES string of the molecule is CCCCN1CCCC[C@H]1c1cccnc1N(C(=O)OC(C)(C)C)c1ccccc1. The van der Waals surface area contributed by atoms with Crippen LogP contribution in [-0.4, -0.2) is 34.7 Å². The molecule has 1 atom stereocenters. The lowest BCUT2D eigenvalue weighted by atomic mass is 9.95. The minimum absolute atomic E-state index is 0.266. The Morgan fingerprint density at radius 3 is 2.63 bits per heavy atom. The van der Waals surface area contributed by atoms with Gasteiger partial charge in [0.1, 0.15) is 11.4 Å². The summed E-state index contributed by atoms with van der Waals surface area (Å²) < 4.78 is 5.78. The van der Waals surface area contributed by atoms with Crippen molar-refractivity contribution in [1.82, 2.24) is 9.88 Å². The second kappa shape index (κ2) is 10.1. The first-order chi connectivity index (χ1) is 14.4. The number of carbonyl (C=O) groups is 1. The highest BCUT2D eigenvalue weighted by molar-refractivity contribution is 5.96. The highest BCUT2D eigenvalue weighted by atomic mass is 16.6. The van der Waals surface area contributed by atoms with Crippen LogP contribution in [-0.2, 0) is 4.74 Å². The van der Waals surface area contributed by atoms with Crippen molar-refractivity contribution in [3.63, 3.8) is 0 Å². The number of likely N-dealkylation sites (tertiary alicyclic amines) is 1. The Morgan fingerprint density at radius 2 is 1.93 bits per heavy atom. The Hall–Kier alpha value is -2.40. The first-order valence-electron chi connectivity index (χ1n) is 11.2. The van der Waals surface area contributed by atoms with E-state index in [0.29, 0.717) is 5.82 Å². The number of piperidine rings is 1. The quantitative estimate of drug-likeness (QED) is 0.547. The molecule has 1 amide bonds. The molecule has 0 radical (unpaired) electrons. The molecule has 5 heteroatoms. The molecular weight excluding hydrogens is 374 g/mol. The largest absolute Gasteiger partial charge is 0.443 e. The van der Waals surface area contributed by atoms with Gasteiger partial charge in [0.05, 0.1) is 5.69 Å². The van der Waals surface area contributed by atoms with Crippen LogP contribution in [0.4, 0.5) is 16.3 Å². The van der Waals surface area contributed by atoms with Crippen LogP contribution in [0.5, 0.6) is 0 Å². The molecule has 1 fully saturated rings. The van der Waals surface area contributed by atoms with Crippen molar-refractivity contribution in [2.24, 2.45) is 0 Å². The fourth-order valence-corrected chi connectivity index (χ4v) is 4.03. The molecular formula is C25H35N3O2. The lowest BCUT2D eigenvalue weighted by Crippen LogP contribution is -2.38. The van der Waals surface area contributed by atoms with Gasteiger partial charge in [-0.2, -0.15) is 0 Å². The number of anilines is 2. The Labute approximate surface area is 181 Å². The van der Waals surface area contributed by atoms with Crippen molar-refractivity contribution in [3.8, 4) is 0 Å². The minimum Gasteiger partial charge on any atom is -0.443 e. The molecule has 162 valence electrons. The summed E-state index contributed by atoms with van der Waals surface area (Å²) >= 11 is 0. The summed E-state index contributed by atoms with van der Waals surface area (Å²) in [4.78, 5) is 22.2. The molecule has 2 heterocycles. The van der Waals surface area contributed by atoms with Crippen LogP contribution in [0.3, 0.4) is 0 Å². The highest BCUT2D eigenvalue weighted by Gasteiger charge is 2.32. The lowest BCUT2D eigenvalue weighted by molar-refractivity contribution is 0.0597. The zero-order valence-corrected chi connectivity index (χ0v) is 18.8.